The van der Waals surface area contributed by atoms with Gasteiger partial charge in [0.15, 0.2) is 6.54 Å². The molecule has 0 saturated heterocycles. The van der Waals surface area contributed by atoms with Gasteiger partial charge in [-0.25, -0.2) is 9.48 Å². The molecular formula is C20H23N2O2S+. The van der Waals surface area contributed by atoms with Crippen LogP contribution in [0.3, 0.4) is 0 Å². The van der Waals surface area contributed by atoms with Crippen LogP contribution in [-0.4, -0.2) is 40.8 Å². The van der Waals surface area contributed by atoms with Gasteiger partial charge in [-0.15, -0.1) is 0 Å². The standard InChI is InChI=1S/C20H23N2O2S/c1-15-6-3-4-7-18(15)21-14-20(23,22-12-5-13-25-19(21)22)16-8-10-17(24-2)11-9-16/h3-4,6-11,23H,5,12-14H2,1-2H3/q+1. The van der Waals surface area contributed by atoms with Gasteiger partial charge in [0.2, 0.25) is 0 Å². The van der Waals surface area contributed by atoms with E-state index in [-0.39, 0.29) is 0 Å². The number of hydrogen-bond donors (Lipinski definition) is 1. The monoisotopic (exact) mass is 355 g/mol. The van der Waals surface area contributed by atoms with Crippen LogP contribution in [0.1, 0.15) is 17.5 Å². The van der Waals surface area contributed by atoms with Crippen LogP contribution >= 0.6 is 11.8 Å². The van der Waals surface area contributed by atoms with Crippen LogP contribution in [0.15, 0.2) is 48.5 Å². The SMILES string of the molecule is COc1ccc(C2(O)CN(c3ccccc3C)C3=[N+]2CCCS3)cc1. The van der Waals surface area contributed by atoms with Crippen molar-refractivity contribution in [3.63, 3.8) is 0 Å². The first-order chi connectivity index (χ1) is 12.1. The Hall–Kier alpha value is -1.98. The van der Waals surface area contributed by atoms with E-state index in [2.05, 4.69) is 40.7 Å². The minimum absolute atomic E-state index is 0.534. The molecule has 0 bridgehead atoms. The van der Waals surface area contributed by atoms with E-state index >= 15 is 0 Å². The molecule has 1 N–H and O–H groups in total. The number of nitrogens with zero attached hydrogens (tertiary/aromatic N) is 2. The number of hydrogen-bond acceptors (Lipinski definition) is 4. The van der Waals surface area contributed by atoms with Gasteiger partial charge in [0.1, 0.15) is 11.4 Å². The number of amidine groups is 1. The Morgan fingerprint density at radius 2 is 1.92 bits per heavy atom. The maximum Gasteiger partial charge on any atom is 0.316 e. The molecule has 0 spiro atoms. The fraction of sp³-hybridized carbons (Fsp3) is 0.350. The molecule has 5 heteroatoms. The minimum atomic E-state index is -1.02. The van der Waals surface area contributed by atoms with Gasteiger partial charge in [-0.2, -0.15) is 0 Å². The molecule has 4 nitrogen and oxygen atoms in total. The Bertz CT molecular complexity index is 819. The molecule has 2 aromatic carbocycles. The summed E-state index contributed by atoms with van der Waals surface area (Å²) in [5.41, 5.74) is 2.28. The van der Waals surface area contributed by atoms with Crippen LogP contribution in [0.5, 0.6) is 5.75 Å². The van der Waals surface area contributed by atoms with Gasteiger partial charge < -0.3 is 9.84 Å². The van der Waals surface area contributed by atoms with Crippen molar-refractivity contribution in [2.24, 2.45) is 0 Å². The minimum Gasteiger partial charge on any atom is -0.497 e. The predicted molar refractivity (Wildman–Crippen MR) is 103 cm³/mol. The number of para-hydroxylation sites is 1. The molecule has 0 saturated carbocycles. The summed E-state index contributed by atoms with van der Waals surface area (Å²) < 4.78 is 7.42. The van der Waals surface area contributed by atoms with Crippen LogP contribution in [-0.2, 0) is 5.72 Å². The van der Waals surface area contributed by atoms with Crippen LogP contribution in [0.4, 0.5) is 5.69 Å². The van der Waals surface area contributed by atoms with Gasteiger partial charge in [0, 0.05) is 11.3 Å². The number of β-amino-alcohol motifs (C(OH)–C–C–N with tert-alkyl or cyclic N) is 1. The van der Waals surface area contributed by atoms with Gasteiger partial charge in [-0.3, -0.25) is 0 Å². The van der Waals surface area contributed by atoms with E-state index in [1.54, 1.807) is 7.11 Å². The molecule has 2 aliphatic heterocycles. The second-order valence-electron chi connectivity index (χ2n) is 6.55. The van der Waals surface area contributed by atoms with Crippen LogP contribution in [0.25, 0.3) is 0 Å². The lowest BCUT2D eigenvalue weighted by Crippen LogP contribution is -2.41. The number of aryl methyl sites for hydroxylation is 1. The molecule has 0 aromatic heterocycles. The second-order valence-corrected chi connectivity index (χ2v) is 7.62. The number of ether oxygens (including phenoxy) is 1. The lowest BCUT2D eigenvalue weighted by molar-refractivity contribution is -0.656. The highest BCUT2D eigenvalue weighted by atomic mass is 32.2. The highest BCUT2D eigenvalue weighted by Crippen LogP contribution is 2.38. The summed E-state index contributed by atoms with van der Waals surface area (Å²) in [6, 6.07) is 16.1. The summed E-state index contributed by atoms with van der Waals surface area (Å²) in [5, 5.41) is 12.8. The highest BCUT2D eigenvalue weighted by molar-refractivity contribution is 8.13. The van der Waals surface area contributed by atoms with E-state index < -0.39 is 5.72 Å². The Morgan fingerprint density at radius 1 is 1.16 bits per heavy atom. The summed E-state index contributed by atoms with van der Waals surface area (Å²) in [5.74, 6) is 1.89. The third-order valence-corrected chi connectivity index (χ3v) is 6.19. The second kappa shape index (κ2) is 6.39. The molecule has 0 fully saturated rings. The van der Waals surface area contributed by atoms with Crippen molar-refractivity contribution < 1.29 is 14.4 Å². The fourth-order valence-electron chi connectivity index (χ4n) is 3.66. The molecular weight excluding hydrogens is 332 g/mol. The van der Waals surface area contributed by atoms with Crippen molar-refractivity contribution in [3.8, 4) is 5.75 Å². The number of methoxy groups -OCH3 is 1. The van der Waals surface area contributed by atoms with Crippen LogP contribution < -0.4 is 9.64 Å². The molecule has 4 rings (SSSR count). The van der Waals surface area contributed by atoms with Crippen LogP contribution in [0.2, 0.25) is 0 Å². The fourth-order valence-corrected chi connectivity index (χ4v) is 4.83. The van der Waals surface area contributed by atoms with Crippen molar-refractivity contribution >= 4 is 22.6 Å². The normalized spacial score (nSPS) is 22.9. The van der Waals surface area contributed by atoms with E-state index in [4.69, 9.17) is 4.74 Å². The van der Waals surface area contributed by atoms with E-state index in [0.717, 1.165) is 35.2 Å². The number of rotatable bonds is 3. The molecule has 1 unspecified atom stereocenters. The maximum atomic E-state index is 11.7. The lowest BCUT2D eigenvalue weighted by atomic mass is 10.0. The molecule has 1 atom stereocenters. The van der Waals surface area contributed by atoms with E-state index in [1.807, 2.05) is 36.0 Å². The van der Waals surface area contributed by atoms with E-state index in [0.29, 0.717) is 6.54 Å². The third-order valence-electron chi connectivity index (χ3n) is 5.00. The molecule has 0 aliphatic carbocycles. The Kier molecular flexibility index (Phi) is 4.21. The molecule has 25 heavy (non-hydrogen) atoms. The molecule has 2 heterocycles. The highest BCUT2D eigenvalue weighted by Gasteiger charge is 2.53. The molecule has 2 aliphatic rings. The zero-order valence-electron chi connectivity index (χ0n) is 14.6. The van der Waals surface area contributed by atoms with Crippen molar-refractivity contribution in [2.75, 3.05) is 30.9 Å². The average molecular weight is 355 g/mol. The summed E-state index contributed by atoms with van der Waals surface area (Å²) in [6.45, 7) is 3.53. The van der Waals surface area contributed by atoms with Crippen molar-refractivity contribution in [3.05, 3.63) is 59.7 Å². The van der Waals surface area contributed by atoms with Gasteiger partial charge in [0.25, 0.3) is 5.72 Å². The van der Waals surface area contributed by atoms with Gasteiger partial charge in [0.05, 0.1) is 13.7 Å². The largest absolute Gasteiger partial charge is 0.497 e. The molecule has 0 amide bonds. The maximum absolute atomic E-state index is 11.7. The van der Waals surface area contributed by atoms with Crippen molar-refractivity contribution in [1.29, 1.82) is 0 Å². The topological polar surface area (TPSA) is 35.7 Å². The Morgan fingerprint density at radius 3 is 2.64 bits per heavy atom. The first kappa shape index (κ1) is 16.5. The smallest absolute Gasteiger partial charge is 0.316 e. The molecule has 2 aromatic rings. The third kappa shape index (κ3) is 2.71. The first-order valence-electron chi connectivity index (χ1n) is 8.61. The number of thioether (sulfide) groups is 1. The van der Waals surface area contributed by atoms with Gasteiger partial charge >= 0.3 is 5.17 Å². The Labute approximate surface area is 152 Å². The number of benzene rings is 2. The molecule has 0 radical (unpaired) electrons. The van der Waals surface area contributed by atoms with Crippen molar-refractivity contribution in [1.82, 2.24) is 0 Å². The summed E-state index contributed by atoms with van der Waals surface area (Å²) >= 11 is 1.83. The molecule has 130 valence electrons. The lowest BCUT2D eigenvalue weighted by Gasteiger charge is -2.24. The van der Waals surface area contributed by atoms with Crippen molar-refractivity contribution in [2.45, 2.75) is 19.1 Å². The van der Waals surface area contributed by atoms with Crippen LogP contribution in [0, 0.1) is 6.92 Å². The van der Waals surface area contributed by atoms with E-state index in [1.165, 1.54) is 11.3 Å². The summed E-state index contributed by atoms with van der Waals surface area (Å²) in [7, 11) is 1.66. The average Bonchev–Trinajstić information content (AvgIpc) is 2.97. The number of anilines is 1. The zero-order chi connectivity index (χ0) is 17.4. The summed E-state index contributed by atoms with van der Waals surface area (Å²) in [6.07, 6.45) is 1.08. The quantitative estimate of drug-likeness (QED) is 0.858. The predicted octanol–water partition coefficient (Wildman–Crippen LogP) is 3.17. The summed E-state index contributed by atoms with van der Waals surface area (Å²) in [4.78, 5) is 2.27. The van der Waals surface area contributed by atoms with E-state index in [9.17, 15) is 5.11 Å². The van der Waals surface area contributed by atoms with Gasteiger partial charge in [-0.1, -0.05) is 18.2 Å². The van der Waals surface area contributed by atoms with Gasteiger partial charge in [-0.05, 0) is 61.0 Å². The Balaban J connectivity index is 1.79. The zero-order valence-corrected chi connectivity index (χ0v) is 15.4. The number of aliphatic hydroxyl groups is 1. The first-order valence-corrected chi connectivity index (χ1v) is 9.59.